The number of ether oxygens (including phenoxy) is 3. The smallest absolute Gasteiger partial charge is 0.407 e. The summed E-state index contributed by atoms with van der Waals surface area (Å²) < 4.78 is 24.7. The number of esters is 1. The van der Waals surface area contributed by atoms with Gasteiger partial charge in [0.15, 0.2) is 8.32 Å². The Kier molecular flexibility index (Phi) is 13.7. The Morgan fingerprint density at radius 1 is 0.984 bits per heavy atom. The molecule has 3 heterocycles. The summed E-state index contributed by atoms with van der Waals surface area (Å²) in [5, 5.41) is 8.38. The maximum absolute atomic E-state index is 13.4. The maximum atomic E-state index is 13.4. The molecule has 0 bridgehead atoms. The number of carbonyl (C=O) groups is 6. The fraction of sp³-hybridized carbons (Fsp3) is 0.542. The Morgan fingerprint density at radius 3 is 2.48 bits per heavy atom. The van der Waals surface area contributed by atoms with Crippen molar-refractivity contribution in [3.63, 3.8) is 0 Å². The van der Waals surface area contributed by atoms with Crippen LogP contribution in [0.25, 0.3) is 0 Å². The summed E-state index contributed by atoms with van der Waals surface area (Å²) in [6.45, 7) is 16.3. The van der Waals surface area contributed by atoms with Crippen molar-refractivity contribution in [2.45, 2.75) is 129 Å². The van der Waals surface area contributed by atoms with Crippen LogP contribution in [0.15, 0.2) is 66.3 Å². The van der Waals surface area contributed by atoms with Crippen molar-refractivity contribution in [1.82, 2.24) is 15.5 Å². The van der Waals surface area contributed by atoms with Crippen molar-refractivity contribution < 1.29 is 47.4 Å². The molecule has 5 aliphatic rings. The third kappa shape index (κ3) is 10.4. The number of hydrogen-bond acceptors (Lipinski definition) is 11. The Bertz CT molecular complexity index is 2160. The number of alkyl carbamates (subject to hydrolysis) is 1. The lowest BCUT2D eigenvalue weighted by Gasteiger charge is -2.44. The molecule has 0 radical (unpaired) electrons. The predicted molar refractivity (Wildman–Crippen MR) is 238 cm³/mol. The minimum atomic E-state index is -2.05. The summed E-state index contributed by atoms with van der Waals surface area (Å²) >= 11 is 0. The first-order valence-corrected chi connectivity index (χ1v) is 25.3. The minimum absolute atomic E-state index is 0.0368. The fourth-order valence-electron chi connectivity index (χ4n) is 9.38. The first kappa shape index (κ1) is 45.7. The fourth-order valence-corrected chi connectivity index (χ4v) is 10.7. The number of nitrogens with one attached hydrogen (secondary N) is 3. The number of benzene rings is 2. The topological polar surface area (TPSA) is 179 Å². The second-order valence-corrected chi connectivity index (χ2v) is 24.1. The van der Waals surface area contributed by atoms with Crippen molar-refractivity contribution in [3.8, 4) is 5.75 Å². The van der Waals surface area contributed by atoms with Crippen LogP contribution < -0.4 is 20.7 Å². The molecule has 0 spiro atoms. The normalized spacial score (nSPS) is 27.2. The first-order chi connectivity index (χ1) is 29.9. The van der Waals surface area contributed by atoms with Crippen molar-refractivity contribution >= 4 is 49.7 Å². The molecular weight excluding hydrogens is 821 g/mol. The predicted octanol–water partition coefficient (Wildman–Crippen LogP) is 7.45. The molecule has 0 saturated carbocycles. The number of rotatable bonds is 14. The molecule has 0 aromatic heterocycles. The highest BCUT2D eigenvalue weighted by Crippen LogP contribution is 2.46. The van der Waals surface area contributed by atoms with Gasteiger partial charge in [0.2, 0.25) is 11.8 Å². The van der Waals surface area contributed by atoms with Crippen LogP contribution in [0, 0.1) is 23.7 Å². The number of imide groups is 2. The molecule has 15 heteroatoms. The Balaban J connectivity index is 0.883. The second-order valence-electron chi connectivity index (χ2n) is 19.3. The van der Waals surface area contributed by atoms with E-state index >= 15 is 0 Å². The van der Waals surface area contributed by atoms with Crippen LogP contribution in [0.4, 0.5) is 10.5 Å². The molecule has 2 aromatic rings. The van der Waals surface area contributed by atoms with Crippen molar-refractivity contribution in [2.75, 3.05) is 18.5 Å². The number of hydrogen-bond donors (Lipinski definition) is 3. The molecule has 5 amide bonds. The van der Waals surface area contributed by atoms with Crippen LogP contribution in [0.1, 0.15) is 106 Å². The quantitative estimate of drug-likeness (QED) is 0.0743. The third-order valence-electron chi connectivity index (χ3n) is 13.7. The van der Waals surface area contributed by atoms with Crippen LogP contribution in [0.3, 0.4) is 0 Å². The van der Waals surface area contributed by atoms with Crippen LogP contribution in [-0.2, 0) is 34.8 Å². The number of piperidine rings is 1. The zero-order valence-corrected chi connectivity index (χ0v) is 38.5. The number of carbonyl (C=O) groups excluding carboxylic acids is 6. The van der Waals surface area contributed by atoms with Crippen LogP contribution in [0.5, 0.6) is 5.75 Å². The largest absolute Gasteiger partial charge is 0.492 e. The second kappa shape index (κ2) is 18.8. The molecule has 63 heavy (non-hydrogen) atoms. The van der Waals surface area contributed by atoms with Gasteiger partial charge in [0.25, 0.3) is 11.8 Å². The number of fused-ring (bicyclic) bond motifs is 2. The summed E-state index contributed by atoms with van der Waals surface area (Å²) in [5.74, 6) is -1.05. The van der Waals surface area contributed by atoms with E-state index in [9.17, 15) is 28.8 Å². The Hall–Kier alpha value is -5.28. The lowest BCUT2D eigenvalue weighted by Crippen LogP contribution is -2.54. The van der Waals surface area contributed by atoms with Gasteiger partial charge in [-0.05, 0) is 97.0 Å². The van der Waals surface area contributed by atoms with Gasteiger partial charge in [-0.1, -0.05) is 71.0 Å². The van der Waals surface area contributed by atoms with Gasteiger partial charge in [0, 0.05) is 37.5 Å². The molecule has 8 atom stereocenters. The monoisotopic (exact) mass is 882 g/mol. The van der Waals surface area contributed by atoms with Gasteiger partial charge in [-0.2, -0.15) is 0 Å². The third-order valence-corrected chi connectivity index (χ3v) is 18.2. The summed E-state index contributed by atoms with van der Waals surface area (Å²) in [5.41, 5.74) is 2.90. The number of cyclic esters (lactones) is 1. The summed E-state index contributed by atoms with van der Waals surface area (Å²) in [6.07, 6.45) is 9.05. The first-order valence-electron chi connectivity index (χ1n) is 22.4. The van der Waals surface area contributed by atoms with Gasteiger partial charge in [0.05, 0.1) is 23.7 Å². The SMILES string of the molecule is C[C@H]1C=C2C=C[C@H](C)[C@H](CC[C@@H]3C[C@@H](O[Si](C)(C)C(C)(C)C)CC(=O)O3)[C@H]2[C@@H](OC(=O)NCc2ccc(OCCNc3cccc4c3C(=O)N(C3CCC(=O)NC3=O)C4=O)cc2)C1. The van der Waals surface area contributed by atoms with Crippen molar-refractivity contribution in [2.24, 2.45) is 23.7 Å². The molecule has 2 aromatic carbocycles. The minimum Gasteiger partial charge on any atom is -0.492 e. The Morgan fingerprint density at radius 2 is 1.75 bits per heavy atom. The number of allylic oxidation sites excluding steroid dienone is 3. The van der Waals surface area contributed by atoms with Gasteiger partial charge in [-0.3, -0.25) is 34.2 Å². The average molecular weight is 883 g/mol. The lowest BCUT2D eigenvalue weighted by molar-refractivity contribution is -0.160. The number of anilines is 1. The summed E-state index contributed by atoms with van der Waals surface area (Å²) in [4.78, 5) is 77.7. The van der Waals surface area contributed by atoms with E-state index < -0.39 is 44.1 Å². The van der Waals surface area contributed by atoms with E-state index in [1.165, 1.54) is 5.57 Å². The van der Waals surface area contributed by atoms with Gasteiger partial charge in [0.1, 0.15) is 30.6 Å². The molecule has 3 aliphatic heterocycles. The van der Waals surface area contributed by atoms with Crippen LogP contribution >= 0.6 is 0 Å². The summed E-state index contributed by atoms with van der Waals surface area (Å²) in [7, 11) is -2.05. The zero-order chi connectivity index (χ0) is 45.2. The Labute approximate surface area is 371 Å². The number of nitrogens with zero attached hydrogens (tertiary/aromatic N) is 1. The standard InChI is InChI=1S/C48H62N4O10Si/c1-28-23-31-14-11-29(2)35(18-17-33-25-34(26-41(54)60-33)62-63(6,7)48(3,4)5)42(31)39(24-28)61-47(58)50-27-30-12-15-32(16-13-30)59-22-21-49-37-10-8-9-36-43(37)46(57)52(45(36)56)38-19-20-40(53)51-44(38)55/h8-16,23,28-29,33-35,38-39,42,49H,17-22,24-27H2,1-7H3,(H,50,58)(H,51,53,55)/t28-,29-,33+,34+,35-,38?,39-,42-/m0/s1. The zero-order valence-electron chi connectivity index (χ0n) is 37.5. The van der Waals surface area contributed by atoms with Gasteiger partial charge < -0.3 is 29.3 Å². The molecular formula is C48H62N4O10Si. The molecule has 7 rings (SSSR count). The van der Waals surface area contributed by atoms with Gasteiger partial charge >= 0.3 is 12.1 Å². The maximum Gasteiger partial charge on any atom is 0.407 e. The molecule has 2 aliphatic carbocycles. The lowest BCUT2D eigenvalue weighted by atomic mass is 9.65. The molecule has 338 valence electrons. The van der Waals surface area contributed by atoms with E-state index in [0.717, 1.165) is 29.7 Å². The average Bonchev–Trinajstić information content (AvgIpc) is 3.47. The van der Waals surface area contributed by atoms with Gasteiger partial charge in [-0.25, -0.2) is 4.79 Å². The molecule has 1 unspecified atom stereocenters. The van der Waals surface area contributed by atoms with E-state index in [-0.39, 0.29) is 90.1 Å². The van der Waals surface area contributed by atoms with E-state index in [2.05, 4.69) is 81.9 Å². The van der Waals surface area contributed by atoms with Gasteiger partial charge in [-0.15, -0.1) is 0 Å². The van der Waals surface area contributed by atoms with Crippen LogP contribution in [0.2, 0.25) is 18.1 Å². The number of amides is 5. The highest BCUT2D eigenvalue weighted by atomic mass is 28.4. The van der Waals surface area contributed by atoms with Crippen molar-refractivity contribution in [3.05, 3.63) is 83.0 Å². The van der Waals surface area contributed by atoms with E-state index in [1.807, 2.05) is 24.3 Å². The van der Waals surface area contributed by atoms with E-state index in [0.29, 0.717) is 30.8 Å². The molecule has 2 fully saturated rings. The van der Waals surface area contributed by atoms with E-state index in [1.54, 1.807) is 18.2 Å². The van der Waals surface area contributed by atoms with E-state index in [4.69, 9.17) is 18.6 Å². The van der Waals surface area contributed by atoms with Crippen LogP contribution in [-0.4, -0.2) is 86.4 Å². The highest BCUT2D eigenvalue weighted by Gasteiger charge is 2.47. The molecule has 14 nitrogen and oxygen atoms in total. The summed E-state index contributed by atoms with van der Waals surface area (Å²) in [6, 6.07) is 11.2. The molecule has 2 saturated heterocycles. The molecule has 3 N–H and O–H groups in total. The highest BCUT2D eigenvalue weighted by molar-refractivity contribution is 6.74. The van der Waals surface area contributed by atoms with Crippen molar-refractivity contribution in [1.29, 1.82) is 0 Å².